The normalized spacial score (nSPS) is 10.9. The highest BCUT2D eigenvalue weighted by Gasteiger charge is 2.25. The minimum absolute atomic E-state index is 0.217. The van der Waals surface area contributed by atoms with Crippen LogP contribution in [-0.2, 0) is 9.53 Å². The first-order valence-electron chi connectivity index (χ1n) is 11.1. The molecule has 0 aliphatic carbocycles. The first-order chi connectivity index (χ1) is 16.8. The van der Waals surface area contributed by atoms with Crippen molar-refractivity contribution in [1.29, 1.82) is 0 Å². The Kier molecular flexibility index (Phi) is 7.02. The van der Waals surface area contributed by atoms with Crippen LogP contribution in [0.3, 0.4) is 0 Å². The monoisotopic (exact) mass is 491 g/mol. The molecule has 8 heteroatoms. The van der Waals surface area contributed by atoms with Crippen molar-refractivity contribution < 1.29 is 23.5 Å². The summed E-state index contributed by atoms with van der Waals surface area (Å²) < 4.78 is 16.1. The van der Waals surface area contributed by atoms with Crippen LogP contribution in [0.1, 0.15) is 33.3 Å². The number of amides is 1. The number of rotatable bonds is 7. The molecular formula is C27H25NO6S. The van der Waals surface area contributed by atoms with E-state index in [0.717, 1.165) is 32.5 Å². The van der Waals surface area contributed by atoms with Crippen LogP contribution in [0.25, 0.3) is 22.1 Å². The molecule has 0 unspecified atom stereocenters. The minimum Gasteiger partial charge on any atom is -0.484 e. The van der Waals surface area contributed by atoms with Crippen molar-refractivity contribution in [2.45, 2.75) is 27.7 Å². The maximum atomic E-state index is 12.8. The molecule has 4 rings (SSSR count). The van der Waals surface area contributed by atoms with Gasteiger partial charge in [-0.3, -0.25) is 4.79 Å². The molecule has 7 nitrogen and oxygen atoms in total. The highest BCUT2D eigenvalue weighted by atomic mass is 32.1. The van der Waals surface area contributed by atoms with E-state index >= 15 is 0 Å². The van der Waals surface area contributed by atoms with Gasteiger partial charge in [0.15, 0.2) is 6.61 Å². The average molecular weight is 492 g/mol. The average Bonchev–Trinajstić information content (AvgIpc) is 3.13. The predicted octanol–water partition coefficient (Wildman–Crippen LogP) is 5.64. The van der Waals surface area contributed by atoms with Crippen LogP contribution in [0.2, 0.25) is 0 Å². The molecule has 1 N–H and O–H groups in total. The van der Waals surface area contributed by atoms with Crippen molar-refractivity contribution in [3.05, 3.63) is 80.5 Å². The lowest BCUT2D eigenvalue weighted by Gasteiger charge is -2.10. The summed E-state index contributed by atoms with van der Waals surface area (Å²) in [5.41, 5.74) is 3.77. The SMILES string of the molecule is CCOC(=O)c1c(NC(=O)COc2ccc3c(C)cc(=O)oc3c2)sc(C)c1-c1ccc(C)cc1. The van der Waals surface area contributed by atoms with Crippen molar-refractivity contribution in [2.24, 2.45) is 0 Å². The molecule has 2 aromatic carbocycles. The summed E-state index contributed by atoms with van der Waals surface area (Å²) in [4.78, 5) is 38.1. The van der Waals surface area contributed by atoms with E-state index < -0.39 is 17.5 Å². The van der Waals surface area contributed by atoms with E-state index in [1.807, 2.05) is 45.0 Å². The summed E-state index contributed by atoms with van der Waals surface area (Å²) in [6.45, 7) is 7.38. The standard InChI is InChI=1S/C27H25NO6S/c1-5-32-27(31)25-24(18-8-6-15(2)7-9-18)17(4)35-26(25)28-22(29)14-33-19-10-11-20-16(3)12-23(30)34-21(20)13-19/h6-13H,5,14H2,1-4H3,(H,28,29). The van der Waals surface area contributed by atoms with Crippen molar-refractivity contribution in [1.82, 2.24) is 0 Å². The minimum atomic E-state index is -0.497. The molecule has 35 heavy (non-hydrogen) atoms. The molecule has 2 heterocycles. The zero-order valence-electron chi connectivity index (χ0n) is 19.9. The third kappa shape index (κ3) is 5.27. The van der Waals surface area contributed by atoms with Gasteiger partial charge in [-0.1, -0.05) is 29.8 Å². The Bertz CT molecular complexity index is 1470. The summed E-state index contributed by atoms with van der Waals surface area (Å²) in [5, 5.41) is 4.00. The van der Waals surface area contributed by atoms with Gasteiger partial charge in [-0.2, -0.15) is 0 Å². The van der Waals surface area contributed by atoms with Gasteiger partial charge >= 0.3 is 11.6 Å². The van der Waals surface area contributed by atoms with E-state index in [1.54, 1.807) is 25.1 Å². The molecule has 4 aromatic rings. The van der Waals surface area contributed by atoms with E-state index in [2.05, 4.69) is 5.32 Å². The smallest absolute Gasteiger partial charge is 0.341 e. The first kappa shape index (κ1) is 24.2. The van der Waals surface area contributed by atoms with Crippen LogP contribution in [0.5, 0.6) is 5.75 Å². The molecule has 0 radical (unpaired) electrons. The highest BCUT2D eigenvalue weighted by molar-refractivity contribution is 7.17. The quantitative estimate of drug-likeness (QED) is 0.266. The van der Waals surface area contributed by atoms with E-state index in [1.165, 1.54) is 17.4 Å². The number of carbonyl (C=O) groups is 2. The van der Waals surface area contributed by atoms with Crippen LogP contribution >= 0.6 is 11.3 Å². The van der Waals surface area contributed by atoms with Gasteiger partial charge in [-0.25, -0.2) is 9.59 Å². The predicted molar refractivity (Wildman–Crippen MR) is 137 cm³/mol. The van der Waals surface area contributed by atoms with Gasteiger partial charge in [0.2, 0.25) is 0 Å². The lowest BCUT2D eigenvalue weighted by molar-refractivity contribution is -0.118. The van der Waals surface area contributed by atoms with Crippen molar-refractivity contribution in [3.8, 4) is 16.9 Å². The number of fused-ring (bicyclic) bond motifs is 1. The van der Waals surface area contributed by atoms with Gasteiger partial charge < -0.3 is 19.2 Å². The maximum Gasteiger partial charge on any atom is 0.341 e. The molecule has 0 saturated heterocycles. The second-order valence-corrected chi connectivity index (χ2v) is 9.29. The number of nitrogens with one attached hydrogen (secondary N) is 1. The molecular weight excluding hydrogens is 466 g/mol. The molecule has 180 valence electrons. The van der Waals surface area contributed by atoms with Crippen molar-refractivity contribution in [2.75, 3.05) is 18.5 Å². The number of esters is 1. The molecule has 0 saturated carbocycles. The number of hydrogen-bond acceptors (Lipinski definition) is 7. The fourth-order valence-corrected chi connectivity index (χ4v) is 4.89. The van der Waals surface area contributed by atoms with Crippen LogP contribution in [0, 0.1) is 20.8 Å². The summed E-state index contributed by atoms with van der Waals surface area (Å²) in [5.74, 6) is -0.545. The Morgan fingerprint density at radius 2 is 1.77 bits per heavy atom. The zero-order valence-corrected chi connectivity index (χ0v) is 20.7. The number of carbonyl (C=O) groups excluding carboxylic acids is 2. The van der Waals surface area contributed by atoms with Gasteiger partial charge in [0.25, 0.3) is 5.91 Å². The number of aryl methyl sites for hydroxylation is 3. The van der Waals surface area contributed by atoms with Crippen molar-refractivity contribution in [3.63, 3.8) is 0 Å². The summed E-state index contributed by atoms with van der Waals surface area (Å²) in [6, 6.07) is 14.3. The van der Waals surface area contributed by atoms with Gasteiger partial charge in [0.05, 0.1) is 6.61 Å². The Balaban J connectivity index is 1.56. The van der Waals surface area contributed by atoms with E-state index in [-0.39, 0.29) is 13.2 Å². The van der Waals surface area contributed by atoms with Crippen molar-refractivity contribution >= 4 is 39.2 Å². The molecule has 0 atom stereocenters. The number of ether oxygens (including phenoxy) is 2. The zero-order chi connectivity index (χ0) is 25.1. The fourth-order valence-electron chi connectivity index (χ4n) is 3.81. The molecule has 2 aromatic heterocycles. The van der Waals surface area contributed by atoms with E-state index in [4.69, 9.17) is 13.9 Å². The Hall–Kier alpha value is -3.91. The van der Waals surface area contributed by atoms with Crippen LogP contribution < -0.4 is 15.7 Å². The highest BCUT2D eigenvalue weighted by Crippen LogP contribution is 2.40. The van der Waals surface area contributed by atoms with Crippen LogP contribution in [-0.4, -0.2) is 25.1 Å². The topological polar surface area (TPSA) is 94.8 Å². The largest absolute Gasteiger partial charge is 0.484 e. The van der Waals surface area contributed by atoms with Crippen LogP contribution in [0.4, 0.5) is 5.00 Å². The molecule has 0 aliphatic rings. The molecule has 1 amide bonds. The first-order valence-corrected chi connectivity index (χ1v) is 11.9. The Morgan fingerprint density at radius 1 is 1.03 bits per heavy atom. The second-order valence-electron chi connectivity index (χ2n) is 8.07. The van der Waals surface area contributed by atoms with E-state index in [0.29, 0.717) is 21.9 Å². The van der Waals surface area contributed by atoms with Crippen LogP contribution in [0.15, 0.2) is 57.7 Å². The third-order valence-corrected chi connectivity index (χ3v) is 6.47. The Labute approximate surface area is 206 Å². The van der Waals surface area contributed by atoms with Gasteiger partial charge in [0, 0.05) is 28.0 Å². The number of benzene rings is 2. The van der Waals surface area contributed by atoms with Gasteiger partial charge in [0.1, 0.15) is 21.9 Å². The fraction of sp³-hybridized carbons (Fsp3) is 0.222. The third-order valence-electron chi connectivity index (χ3n) is 5.45. The lowest BCUT2D eigenvalue weighted by atomic mass is 10.0. The summed E-state index contributed by atoms with van der Waals surface area (Å²) >= 11 is 1.31. The van der Waals surface area contributed by atoms with Gasteiger partial charge in [-0.15, -0.1) is 11.3 Å². The lowest BCUT2D eigenvalue weighted by Crippen LogP contribution is -2.21. The molecule has 0 fully saturated rings. The molecule has 0 spiro atoms. The second kappa shape index (κ2) is 10.1. The summed E-state index contributed by atoms with van der Waals surface area (Å²) in [7, 11) is 0. The summed E-state index contributed by atoms with van der Waals surface area (Å²) in [6.07, 6.45) is 0. The number of anilines is 1. The van der Waals surface area contributed by atoms with E-state index in [9.17, 15) is 14.4 Å². The van der Waals surface area contributed by atoms with Gasteiger partial charge in [-0.05, 0) is 51.0 Å². The Morgan fingerprint density at radius 3 is 2.49 bits per heavy atom. The number of thiophene rings is 1. The maximum absolute atomic E-state index is 12.8. The molecule has 0 aliphatic heterocycles. The number of hydrogen-bond donors (Lipinski definition) is 1. The molecule has 0 bridgehead atoms.